The summed E-state index contributed by atoms with van der Waals surface area (Å²) in [6, 6.07) is 0. The summed E-state index contributed by atoms with van der Waals surface area (Å²) in [5.74, 6) is 0. The summed E-state index contributed by atoms with van der Waals surface area (Å²) in [5.41, 5.74) is 0. The van der Waals surface area contributed by atoms with Gasteiger partial charge >= 0.3 is 0 Å². The van der Waals surface area contributed by atoms with Gasteiger partial charge in [0.2, 0.25) is 0 Å². The first-order valence-corrected chi connectivity index (χ1v) is 5.99. The lowest BCUT2D eigenvalue weighted by atomic mass is 10.7. The molecule has 0 atom stereocenters. The van der Waals surface area contributed by atoms with Crippen molar-refractivity contribution in [2.45, 2.75) is 13.8 Å². The van der Waals surface area contributed by atoms with Crippen LogP contribution in [0.2, 0.25) is 0 Å². The smallest absolute Gasteiger partial charge is 0.103 e. The highest BCUT2D eigenvalue weighted by Crippen LogP contribution is 1.90. The van der Waals surface area contributed by atoms with Crippen molar-refractivity contribution in [1.29, 1.82) is 0 Å². The minimum atomic E-state index is -0.0940. The molecule has 1 N–H and O–H groups in total. The third-order valence-electron chi connectivity index (χ3n) is 1.90. The third kappa shape index (κ3) is 12.0. The van der Waals surface area contributed by atoms with Crippen molar-refractivity contribution in [3.63, 3.8) is 0 Å². The van der Waals surface area contributed by atoms with Gasteiger partial charge in [0.1, 0.15) is 13.5 Å². The van der Waals surface area contributed by atoms with E-state index in [1.165, 1.54) is 0 Å². The predicted molar refractivity (Wildman–Crippen MR) is 63.5 cm³/mol. The summed E-state index contributed by atoms with van der Waals surface area (Å²) in [7, 11) is 0. The zero-order valence-corrected chi connectivity index (χ0v) is 10.9. The number of hydrogen-bond donors (Lipinski definition) is 1. The zero-order chi connectivity index (χ0) is 12.8. The number of aliphatic hydroxyl groups is 1. The number of ether oxygens (including phenoxy) is 4. The van der Waals surface area contributed by atoms with Crippen LogP contribution in [0, 0.1) is 0 Å². The summed E-state index contributed by atoms with van der Waals surface area (Å²) in [6.45, 7) is 7.99. The quantitative estimate of drug-likeness (QED) is 0.374. The van der Waals surface area contributed by atoms with Gasteiger partial charge in [-0.25, -0.2) is 4.90 Å². The molecule has 0 amide bonds. The van der Waals surface area contributed by atoms with Gasteiger partial charge in [-0.2, -0.15) is 0 Å². The predicted octanol–water partition coefficient (Wildman–Crippen LogP) is 0.259. The molecule has 0 fully saturated rings. The highest BCUT2D eigenvalue weighted by molar-refractivity contribution is 4.38. The fourth-order valence-electron chi connectivity index (χ4n) is 1.03. The molecule has 0 spiro atoms. The minimum Gasteiger partial charge on any atom is -0.381 e. The monoisotopic (exact) mass is 251 g/mol. The molecule has 0 unspecified atom stereocenters. The molecule has 0 aliphatic heterocycles. The molecule has 0 aliphatic carbocycles. The summed E-state index contributed by atoms with van der Waals surface area (Å²) in [4.78, 5) is 1.64. The van der Waals surface area contributed by atoms with Crippen molar-refractivity contribution in [3.8, 4) is 0 Å². The second kappa shape index (κ2) is 13.8. The number of nitrogens with zero attached hydrogens (tertiary/aromatic N) is 1. The van der Waals surface area contributed by atoms with Gasteiger partial charge in [0.25, 0.3) is 0 Å². The lowest BCUT2D eigenvalue weighted by Gasteiger charge is -2.19. The summed E-state index contributed by atoms with van der Waals surface area (Å²) >= 11 is 0. The second-order valence-electron chi connectivity index (χ2n) is 3.28. The van der Waals surface area contributed by atoms with Gasteiger partial charge in [0.15, 0.2) is 0 Å². The zero-order valence-electron chi connectivity index (χ0n) is 10.9. The molecular formula is C11H25NO5. The molecule has 0 bridgehead atoms. The Balaban J connectivity index is 3.30. The molecule has 0 rings (SSSR count). The highest BCUT2D eigenvalue weighted by Gasteiger charge is 2.02. The van der Waals surface area contributed by atoms with Gasteiger partial charge in [0, 0.05) is 13.2 Å². The van der Waals surface area contributed by atoms with E-state index in [-0.39, 0.29) is 6.73 Å². The van der Waals surface area contributed by atoms with E-state index in [1.807, 2.05) is 13.8 Å². The molecule has 0 aromatic heterocycles. The topological polar surface area (TPSA) is 60.4 Å². The Labute approximate surface area is 103 Å². The molecule has 0 aromatic carbocycles. The Morgan fingerprint density at radius 1 is 0.765 bits per heavy atom. The van der Waals surface area contributed by atoms with Gasteiger partial charge in [0.05, 0.1) is 33.2 Å². The Bertz CT molecular complexity index is 134. The average molecular weight is 251 g/mol. The van der Waals surface area contributed by atoms with Crippen LogP contribution in [-0.2, 0) is 18.9 Å². The highest BCUT2D eigenvalue weighted by atomic mass is 16.5. The molecule has 104 valence electrons. The van der Waals surface area contributed by atoms with E-state index in [0.717, 1.165) is 0 Å². The summed E-state index contributed by atoms with van der Waals surface area (Å²) in [5, 5.41) is 9.03. The second-order valence-corrected chi connectivity index (χ2v) is 3.28. The minimum absolute atomic E-state index is 0.0940. The van der Waals surface area contributed by atoms with Gasteiger partial charge in [-0.15, -0.1) is 0 Å². The van der Waals surface area contributed by atoms with Crippen LogP contribution in [0.25, 0.3) is 0 Å². The van der Waals surface area contributed by atoms with Crippen molar-refractivity contribution < 1.29 is 24.1 Å². The van der Waals surface area contributed by atoms with Crippen molar-refractivity contribution in [1.82, 2.24) is 4.90 Å². The van der Waals surface area contributed by atoms with Crippen molar-refractivity contribution >= 4 is 0 Å². The normalized spacial score (nSPS) is 11.3. The SMILES string of the molecule is CCOCCOCN(CO)COCCOCC. The van der Waals surface area contributed by atoms with Gasteiger partial charge in [-0.1, -0.05) is 0 Å². The van der Waals surface area contributed by atoms with Crippen LogP contribution in [0.3, 0.4) is 0 Å². The first kappa shape index (κ1) is 16.8. The largest absolute Gasteiger partial charge is 0.381 e. The van der Waals surface area contributed by atoms with Crippen LogP contribution in [0.5, 0.6) is 0 Å². The summed E-state index contributed by atoms with van der Waals surface area (Å²) < 4.78 is 20.8. The Morgan fingerprint density at radius 3 is 1.53 bits per heavy atom. The standard InChI is InChI=1S/C11H25NO5/c1-3-14-5-7-16-10-12(9-13)11-17-8-6-15-4-2/h13H,3-11H2,1-2H3. The molecular weight excluding hydrogens is 226 g/mol. The van der Waals surface area contributed by atoms with Crippen molar-refractivity contribution in [3.05, 3.63) is 0 Å². The lowest BCUT2D eigenvalue weighted by molar-refractivity contribution is -0.0927. The maximum atomic E-state index is 9.03. The van der Waals surface area contributed by atoms with Crippen LogP contribution >= 0.6 is 0 Å². The fraction of sp³-hybridized carbons (Fsp3) is 1.00. The van der Waals surface area contributed by atoms with Gasteiger partial charge < -0.3 is 24.1 Å². The van der Waals surface area contributed by atoms with Crippen LogP contribution in [0.1, 0.15) is 13.8 Å². The Kier molecular flexibility index (Phi) is 13.6. The first-order chi connectivity index (χ1) is 8.35. The maximum Gasteiger partial charge on any atom is 0.103 e. The van der Waals surface area contributed by atoms with E-state index >= 15 is 0 Å². The third-order valence-corrected chi connectivity index (χ3v) is 1.90. The number of hydrogen-bond acceptors (Lipinski definition) is 6. The molecule has 6 nitrogen and oxygen atoms in total. The maximum absolute atomic E-state index is 9.03. The lowest BCUT2D eigenvalue weighted by Crippen LogP contribution is -2.31. The average Bonchev–Trinajstić information content (AvgIpc) is 2.36. The van der Waals surface area contributed by atoms with Crippen LogP contribution in [0.15, 0.2) is 0 Å². The van der Waals surface area contributed by atoms with E-state index in [2.05, 4.69) is 0 Å². The van der Waals surface area contributed by atoms with Gasteiger partial charge in [-0.05, 0) is 13.8 Å². The molecule has 0 saturated heterocycles. The van der Waals surface area contributed by atoms with E-state index in [9.17, 15) is 0 Å². The molecule has 0 heterocycles. The summed E-state index contributed by atoms with van der Waals surface area (Å²) in [6.07, 6.45) is 0. The van der Waals surface area contributed by atoms with Crippen LogP contribution < -0.4 is 0 Å². The van der Waals surface area contributed by atoms with E-state index < -0.39 is 0 Å². The Morgan fingerprint density at radius 2 is 1.18 bits per heavy atom. The van der Waals surface area contributed by atoms with Crippen LogP contribution in [0.4, 0.5) is 0 Å². The number of rotatable bonds is 13. The molecule has 0 aromatic rings. The Hall–Kier alpha value is -0.240. The van der Waals surface area contributed by atoms with E-state index in [1.54, 1.807) is 4.90 Å². The molecule has 0 aliphatic rings. The molecule has 0 saturated carbocycles. The van der Waals surface area contributed by atoms with Crippen LogP contribution in [-0.4, -0.2) is 69.8 Å². The van der Waals surface area contributed by atoms with E-state index in [0.29, 0.717) is 53.1 Å². The molecule has 17 heavy (non-hydrogen) atoms. The number of aliphatic hydroxyl groups excluding tert-OH is 1. The van der Waals surface area contributed by atoms with Crippen molar-refractivity contribution in [2.75, 3.05) is 59.8 Å². The molecule has 0 radical (unpaired) electrons. The molecule has 6 heteroatoms. The fourth-order valence-corrected chi connectivity index (χ4v) is 1.03. The van der Waals surface area contributed by atoms with E-state index in [4.69, 9.17) is 24.1 Å². The van der Waals surface area contributed by atoms with Crippen molar-refractivity contribution in [2.24, 2.45) is 0 Å². The van der Waals surface area contributed by atoms with Gasteiger partial charge in [-0.3, -0.25) is 0 Å². The first-order valence-electron chi connectivity index (χ1n) is 5.99.